The van der Waals surface area contributed by atoms with Gasteiger partial charge in [-0.05, 0) is 105 Å². The number of sulfonamides is 1. The Kier molecular flexibility index (Phi) is 7.85. The number of aliphatic hydroxyl groups is 1. The van der Waals surface area contributed by atoms with Crippen LogP contribution in [-0.4, -0.2) is 50.5 Å². The second-order valence-corrected chi connectivity index (χ2v) is 14.7. The maximum atomic E-state index is 13.3. The highest BCUT2D eigenvalue weighted by atomic mass is 35.5. The van der Waals surface area contributed by atoms with E-state index in [0.717, 1.165) is 49.4 Å². The van der Waals surface area contributed by atoms with Crippen LogP contribution in [0.25, 0.3) is 0 Å². The van der Waals surface area contributed by atoms with Gasteiger partial charge in [0.15, 0.2) is 0 Å². The fourth-order valence-corrected chi connectivity index (χ4v) is 8.94. The van der Waals surface area contributed by atoms with Gasteiger partial charge in [-0.15, -0.1) is 0 Å². The van der Waals surface area contributed by atoms with Crippen molar-refractivity contribution in [3.63, 3.8) is 0 Å². The van der Waals surface area contributed by atoms with Gasteiger partial charge in [0.05, 0.1) is 23.6 Å². The number of hydrogen-bond acceptors (Lipinski definition) is 6. The Bertz CT molecular complexity index is 1460. The zero-order chi connectivity index (χ0) is 28.8. The Labute approximate surface area is 248 Å². The third kappa shape index (κ3) is 5.51. The molecule has 2 aliphatic carbocycles. The fraction of sp³-hybridized carbons (Fsp3) is 0.531. The van der Waals surface area contributed by atoms with Gasteiger partial charge in [0.25, 0.3) is 5.91 Å². The number of aryl methyl sites for hydroxylation is 1. The van der Waals surface area contributed by atoms with Crippen molar-refractivity contribution < 1.29 is 23.1 Å². The molecule has 2 bridgehead atoms. The van der Waals surface area contributed by atoms with Crippen LogP contribution in [0.5, 0.6) is 5.75 Å². The van der Waals surface area contributed by atoms with Gasteiger partial charge in [0.1, 0.15) is 5.75 Å². The topological polar surface area (TPSA) is 95.9 Å². The molecule has 9 heteroatoms. The van der Waals surface area contributed by atoms with Crippen molar-refractivity contribution in [2.45, 2.75) is 75.1 Å². The standard InChI is InChI=1S/C32H39ClN2O5S/c1-2-25-7-3-4-8-29(36)26-12-9-23(26)18-35-19-32(15-5-6-21-16-24(33)11-13-27(21)32)20-40-30-14-10-22(17-28(30)35)31(37)34-41(25,38)39/h4,8,10-11,13-14,16-17,23,25-26,29,36H,2-3,5-7,9,12,15,18-20H2,1H3,(H,34,37)/b8-4-/t23-,25-,26+,29-,32-/m0/s1. The summed E-state index contributed by atoms with van der Waals surface area (Å²) in [6, 6.07) is 11.4. The summed E-state index contributed by atoms with van der Waals surface area (Å²) in [5, 5.41) is 11.1. The monoisotopic (exact) mass is 598 g/mol. The van der Waals surface area contributed by atoms with Crippen LogP contribution < -0.4 is 14.4 Å². The zero-order valence-corrected chi connectivity index (χ0v) is 25.1. The first-order valence-electron chi connectivity index (χ1n) is 14.9. The normalized spacial score (nSPS) is 32.0. The number of benzene rings is 2. The number of fused-ring (bicyclic) bond motifs is 4. The van der Waals surface area contributed by atoms with E-state index < -0.39 is 27.3 Å². The number of nitrogens with one attached hydrogen (secondary N) is 1. The molecule has 2 heterocycles. The molecule has 4 aliphatic rings. The summed E-state index contributed by atoms with van der Waals surface area (Å²) in [5.74, 6) is 0.492. The molecule has 2 aromatic carbocycles. The van der Waals surface area contributed by atoms with Crippen LogP contribution in [0.1, 0.15) is 73.4 Å². The Morgan fingerprint density at radius 2 is 2.02 bits per heavy atom. The lowest BCUT2D eigenvalue weighted by atomic mass is 9.68. The minimum absolute atomic E-state index is 0.136. The average Bonchev–Trinajstić information content (AvgIpc) is 3.07. The van der Waals surface area contributed by atoms with E-state index in [0.29, 0.717) is 49.6 Å². The number of carbonyl (C=O) groups is 1. The number of ether oxygens (including phenoxy) is 1. The predicted molar refractivity (Wildman–Crippen MR) is 161 cm³/mol. The summed E-state index contributed by atoms with van der Waals surface area (Å²) in [6.45, 7) is 3.74. The number of halogens is 1. The lowest BCUT2D eigenvalue weighted by Gasteiger charge is -2.45. The van der Waals surface area contributed by atoms with Crippen molar-refractivity contribution in [2.75, 3.05) is 24.6 Å². The van der Waals surface area contributed by atoms with Gasteiger partial charge in [-0.25, -0.2) is 13.1 Å². The molecule has 6 rings (SSSR count). The molecule has 1 spiro atoms. The highest BCUT2D eigenvalue weighted by molar-refractivity contribution is 7.90. The summed E-state index contributed by atoms with van der Waals surface area (Å²) in [7, 11) is -3.87. The fourth-order valence-electron chi connectivity index (χ4n) is 7.32. The van der Waals surface area contributed by atoms with Gasteiger partial charge < -0.3 is 14.7 Å². The smallest absolute Gasteiger partial charge is 0.264 e. The van der Waals surface area contributed by atoms with Crippen LogP contribution in [-0.2, 0) is 21.9 Å². The summed E-state index contributed by atoms with van der Waals surface area (Å²) in [5.41, 5.74) is 3.35. The quantitative estimate of drug-likeness (QED) is 0.428. The number of nitrogens with zero attached hydrogens (tertiary/aromatic N) is 1. The van der Waals surface area contributed by atoms with E-state index in [-0.39, 0.29) is 11.3 Å². The van der Waals surface area contributed by atoms with Gasteiger partial charge in [0, 0.05) is 29.1 Å². The first-order valence-corrected chi connectivity index (χ1v) is 16.8. The summed E-state index contributed by atoms with van der Waals surface area (Å²) < 4.78 is 35.1. The zero-order valence-electron chi connectivity index (χ0n) is 23.5. The lowest BCUT2D eigenvalue weighted by molar-refractivity contribution is 0.0456. The molecule has 1 saturated carbocycles. The van der Waals surface area contributed by atoms with Crippen LogP contribution in [0.3, 0.4) is 0 Å². The molecule has 7 nitrogen and oxygen atoms in total. The third-order valence-electron chi connectivity index (χ3n) is 9.79. The van der Waals surface area contributed by atoms with Crippen molar-refractivity contribution in [3.8, 4) is 5.75 Å². The summed E-state index contributed by atoms with van der Waals surface area (Å²) in [4.78, 5) is 15.6. The Morgan fingerprint density at radius 1 is 1.17 bits per heavy atom. The van der Waals surface area contributed by atoms with Crippen molar-refractivity contribution in [1.29, 1.82) is 0 Å². The summed E-state index contributed by atoms with van der Waals surface area (Å²) in [6.07, 6.45) is 9.41. The molecule has 220 valence electrons. The first-order chi connectivity index (χ1) is 19.7. The highest BCUT2D eigenvalue weighted by Gasteiger charge is 2.44. The maximum absolute atomic E-state index is 13.3. The van der Waals surface area contributed by atoms with Gasteiger partial charge >= 0.3 is 0 Å². The van der Waals surface area contributed by atoms with E-state index >= 15 is 0 Å². The molecule has 41 heavy (non-hydrogen) atoms. The number of rotatable bonds is 1. The Hall–Kier alpha value is -2.55. The van der Waals surface area contributed by atoms with Crippen LogP contribution in [0.2, 0.25) is 5.02 Å². The number of carbonyl (C=O) groups excluding carboxylic acids is 1. The first kappa shape index (κ1) is 28.6. The minimum atomic E-state index is -3.87. The predicted octanol–water partition coefficient (Wildman–Crippen LogP) is 5.39. The van der Waals surface area contributed by atoms with Crippen molar-refractivity contribution in [2.24, 2.45) is 11.8 Å². The number of allylic oxidation sites excluding steroid dienone is 1. The van der Waals surface area contributed by atoms with E-state index in [1.165, 1.54) is 11.1 Å². The molecule has 0 aromatic heterocycles. The van der Waals surface area contributed by atoms with Gasteiger partial charge in [-0.2, -0.15) is 0 Å². The maximum Gasteiger partial charge on any atom is 0.264 e. The van der Waals surface area contributed by atoms with Crippen LogP contribution in [0.4, 0.5) is 5.69 Å². The van der Waals surface area contributed by atoms with E-state index in [1.807, 2.05) is 25.1 Å². The number of anilines is 1. The van der Waals surface area contributed by atoms with Crippen molar-refractivity contribution in [1.82, 2.24) is 4.72 Å². The molecular weight excluding hydrogens is 560 g/mol. The summed E-state index contributed by atoms with van der Waals surface area (Å²) >= 11 is 6.38. The lowest BCUT2D eigenvalue weighted by Crippen LogP contribution is -2.49. The second kappa shape index (κ2) is 11.3. The van der Waals surface area contributed by atoms with Gasteiger partial charge in [-0.3, -0.25) is 4.79 Å². The molecule has 2 N–H and O–H groups in total. The second-order valence-electron chi connectivity index (χ2n) is 12.3. The van der Waals surface area contributed by atoms with E-state index in [2.05, 4.69) is 21.8 Å². The molecule has 1 amide bonds. The van der Waals surface area contributed by atoms with Gasteiger partial charge in [0.2, 0.25) is 10.0 Å². The molecular formula is C32H39ClN2O5S. The molecule has 1 fully saturated rings. The molecule has 2 aliphatic heterocycles. The average molecular weight is 599 g/mol. The number of amides is 1. The largest absolute Gasteiger partial charge is 0.490 e. The highest BCUT2D eigenvalue weighted by Crippen LogP contribution is 2.46. The molecule has 0 unspecified atom stereocenters. The van der Waals surface area contributed by atoms with Crippen LogP contribution in [0.15, 0.2) is 48.6 Å². The van der Waals surface area contributed by atoms with Crippen molar-refractivity contribution >= 4 is 33.2 Å². The van der Waals surface area contributed by atoms with Crippen LogP contribution in [0, 0.1) is 11.8 Å². The number of hydrogen-bond donors (Lipinski definition) is 2. The molecule has 5 atom stereocenters. The third-order valence-corrected chi connectivity index (χ3v) is 11.9. The van der Waals surface area contributed by atoms with E-state index in [9.17, 15) is 18.3 Å². The minimum Gasteiger partial charge on any atom is -0.490 e. The van der Waals surface area contributed by atoms with Crippen LogP contribution >= 0.6 is 11.6 Å². The van der Waals surface area contributed by atoms with Gasteiger partial charge in [-0.1, -0.05) is 36.7 Å². The van der Waals surface area contributed by atoms with Crippen molar-refractivity contribution in [3.05, 3.63) is 70.3 Å². The molecule has 0 radical (unpaired) electrons. The Morgan fingerprint density at radius 3 is 2.80 bits per heavy atom. The molecule has 0 saturated heterocycles. The SMILES string of the molecule is CC[C@H]1CC/C=C\[C@H](O)[C@@H]2CC[C@H]2CN2C[C@@]3(CCCc4cc(Cl)ccc43)COc3ccc(cc32)C(=O)NS1(=O)=O. The molecule has 2 aromatic rings. The number of aliphatic hydroxyl groups excluding tert-OH is 1. The van der Waals surface area contributed by atoms with E-state index in [4.69, 9.17) is 16.3 Å². The van der Waals surface area contributed by atoms with E-state index in [1.54, 1.807) is 18.2 Å². The Balaban J connectivity index is 1.42.